The highest BCUT2D eigenvalue weighted by Crippen LogP contribution is 2.27. The molecule has 0 radical (unpaired) electrons. The lowest BCUT2D eigenvalue weighted by Gasteiger charge is -2.35. The van der Waals surface area contributed by atoms with Crippen LogP contribution in [-0.2, 0) is 6.54 Å². The van der Waals surface area contributed by atoms with E-state index in [1.54, 1.807) is 11.3 Å². The van der Waals surface area contributed by atoms with Crippen LogP contribution in [0.2, 0.25) is 0 Å². The smallest absolute Gasteiger partial charge is 0.107 e. The molecule has 0 saturated carbocycles. The fourth-order valence-corrected chi connectivity index (χ4v) is 3.85. The molecule has 94 valence electrons. The van der Waals surface area contributed by atoms with Gasteiger partial charge in [0.25, 0.3) is 0 Å². The van der Waals surface area contributed by atoms with Crippen LogP contribution < -0.4 is 5.32 Å². The highest BCUT2D eigenvalue weighted by molar-refractivity contribution is 7.09. The summed E-state index contributed by atoms with van der Waals surface area (Å²) < 4.78 is 0. The van der Waals surface area contributed by atoms with Crippen LogP contribution in [0.4, 0.5) is 0 Å². The second-order valence-corrected chi connectivity index (χ2v) is 6.26. The van der Waals surface area contributed by atoms with Gasteiger partial charge in [-0.2, -0.15) is 0 Å². The predicted octanol–water partition coefficient (Wildman–Crippen LogP) is 2.17. The molecule has 1 N–H and O–H groups in total. The summed E-state index contributed by atoms with van der Waals surface area (Å²) in [5, 5.41) is 7.05. The van der Waals surface area contributed by atoms with Crippen molar-refractivity contribution in [2.45, 2.75) is 51.2 Å². The summed E-state index contributed by atoms with van der Waals surface area (Å²) in [4.78, 5) is 7.18. The number of rotatable bonds is 3. The van der Waals surface area contributed by atoms with Crippen LogP contribution in [0, 0.1) is 6.92 Å². The Morgan fingerprint density at radius 2 is 2.41 bits per heavy atom. The van der Waals surface area contributed by atoms with E-state index in [4.69, 9.17) is 0 Å². The first kappa shape index (κ1) is 11.6. The zero-order chi connectivity index (χ0) is 11.7. The zero-order valence-corrected chi connectivity index (χ0v) is 11.3. The van der Waals surface area contributed by atoms with Crippen LogP contribution in [0.15, 0.2) is 5.38 Å². The molecule has 2 atom stereocenters. The molecule has 0 spiro atoms. The van der Waals surface area contributed by atoms with Gasteiger partial charge in [0.05, 0.1) is 0 Å². The molecule has 2 unspecified atom stereocenters. The lowest BCUT2D eigenvalue weighted by Crippen LogP contribution is -2.45. The summed E-state index contributed by atoms with van der Waals surface area (Å²) in [6.07, 6.45) is 5.46. The molecule has 3 rings (SSSR count). The van der Waals surface area contributed by atoms with Crippen molar-refractivity contribution < 1.29 is 0 Å². The van der Waals surface area contributed by atoms with Crippen molar-refractivity contribution in [3.63, 3.8) is 0 Å². The van der Waals surface area contributed by atoms with E-state index in [2.05, 4.69) is 27.5 Å². The van der Waals surface area contributed by atoms with Crippen LogP contribution in [-0.4, -0.2) is 35.1 Å². The van der Waals surface area contributed by atoms with E-state index in [-0.39, 0.29) is 0 Å². The SMILES string of the molecule is Cc1csc(CNC2CCN3CCCC3C2)n1. The zero-order valence-electron chi connectivity index (χ0n) is 10.5. The van der Waals surface area contributed by atoms with E-state index >= 15 is 0 Å². The fraction of sp³-hybridized carbons (Fsp3) is 0.769. The first-order valence-corrected chi connectivity index (χ1v) is 7.57. The van der Waals surface area contributed by atoms with E-state index in [0.717, 1.165) is 18.3 Å². The van der Waals surface area contributed by atoms with Gasteiger partial charge in [-0.1, -0.05) is 0 Å². The Bertz CT molecular complexity index is 376. The molecule has 0 bridgehead atoms. The molecular formula is C13H21N3S. The number of fused-ring (bicyclic) bond motifs is 1. The molecule has 0 aliphatic carbocycles. The maximum absolute atomic E-state index is 4.51. The number of nitrogens with one attached hydrogen (secondary N) is 1. The molecule has 1 aromatic rings. The molecule has 2 aliphatic rings. The van der Waals surface area contributed by atoms with Crippen LogP contribution >= 0.6 is 11.3 Å². The van der Waals surface area contributed by atoms with Crippen molar-refractivity contribution >= 4 is 11.3 Å². The number of thiazole rings is 1. The van der Waals surface area contributed by atoms with E-state index in [9.17, 15) is 0 Å². The van der Waals surface area contributed by atoms with Crippen LogP contribution in [0.1, 0.15) is 36.4 Å². The third kappa shape index (κ3) is 2.69. The highest BCUT2D eigenvalue weighted by atomic mass is 32.1. The second-order valence-electron chi connectivity index (χ2n) is 5.32. The number of aryl methyl sites for hydroxylation is 1. The first-order valence-electron chi connectivity index (χ1n) is 6.70. The molecule has 2 fully saturated rings. The topological polar surface area (TPSA) is 28.2 Å². The van der Waals surface area contributed by atoms with Crippen molar-refractivity contribution in [2.75, 3.05) is 13.1 Å². The number of piperidine rings is 1. The molecule has 3 heterocycles. The first-order chi connectivity index (χ1) is 8.31. The number of nitrogens with zero attached hydrogens (tertiary/aromatic N) is 2. The Balaban J connectivity index is 1.49. The second kappa shape index (κ2) is 5.04. The molecule has 4 heteroatoms. The van der Waals surface area contributed by atoms with Gasteiger partial charge in [0.1, 0.15) is 5.01 Å². The third-order valence-electron chi connectivity index (χ3n) is 4.03. The molecule has 0 amide bonds. The number of hydrogen-bond donors (Lipinski definition) is 1. The third-order valence-corrected chi connectivity index (χ3v) is 5.00. The molecule has 0 aromatic carbocycles. The Kier molecular flexibility index (Phi) is 3.45. The van der Waals surface area contributed by atoms with Gasteiger partial charge in [-0.25, -0.2) is 4.98 Å². The van der Waals surface area contributed by atoms with Gasteiger partial charge in [-0.3, -0.25) is 0 Å². The van der Waals surface area contributed by atoms with Gasteiger partial charge >= 0.3 is 0 Å². The van der Waals surface area contributed by atoms with Crippen molar-refractivity contribution in [2.24, 2.45) is 0 Å². The van der Waals surface area contributed by atoms with Gasteiger partial charge in [0.2, 0.25) is 0 Å². The highest BCUT2D eigenvalue weighted by Gasteiger charge is 2.31. The molecule has 2 aliphatic heterocycles. The summed E-state index contributed by atoms with van der Waals surface area (Å²) in [6.45, 7) is 5.65. The van der Waals surface area contributed by atoms with Gasteiger partial charge in [-0.15, -0.1) is 11.3 Å². The van der Waals surface area contributed by atoms with Crippen LogP contribution in [0.25, 0.3) is 0 Å². The maximum atomic E-state index is 4.51. The van der Waals surface area contributed by atoms with Crippen molar-refractivity contribution in [1.82, 2.24) is 15.2 Å². The molecule has 3 nitrogen and oxygen atoms in total. The minimum Gasteiger partial charge on any atom is -0.308 e. The standard InChI is InChI=1S/C13H21N3S/c1-10-9-17-13(15-10)8-14-11-4-6-16-5-2-3-12(16)7-11/h9,11-12,14H,2-8H2,1H3. The van der Waals surface area contributed by atoms with Gasteiger partial charge in [0, 0.05) is 29.7 Å². The average molecular weight is 251 g/mol. The Morgan fingerprint density at radius 1 is 1.47 bits per heavy atom. The summed E-state index contributed by atoms with van der Waals surface area (Å²) in [6, 6.07) is 1.57. The number of hydrogen-bond acceptors (Lipinski definition) is 4. The number of aromatic nitrogens is 1. The van der Waals surface area contributed by atoms with Crippen molar-refractivity contribution in [3.8, 4) is 0 Å². The average Bonchev–Trinajstić information content (AvgIpc) is 2.94. The fourth-order valence-electron chi connectivity index (χ4n) is 3.13. The lowest BCUT2D eigenvalue weighted by molar-refractivity contribution is 0.166. The Morgan fingerprint density at radius 3 is 3.24 bits per heavy atom. The van der Waals surface area contributed by atoms with Crippen LogP contribution in [0.3, 0.4) is 0 Å². The van der Waals surface area contributed by atoms with E-state index in [0.29, 0.717) is 6.04 Å². The van der Waals surface area contributed by atoms with Crippen molar-refractivity contribution in [3.05, 3.63) is 16.1 Å². The van der Waals surface area contributed by atoms with E-state index in [1.165, 1.54) is 43.8 Å². The molecular weight excluding hydrogens is 230 g/mol. The van der Waals surface area contributed by atoms with Crippen molar-refractivity contribution in [1.29, 1.82) is 0 Å². The Labute approximate surface area is 107 Å². The predicted molar refractivity (Wildman–Crippen MR) is 71.3 cm³/mol. The van der Waals surface area contributed by atoms with E-state index in [1.807, 2.05) is 0 Å². The summed E-state index contributed by atoms with van der Waals surface area (Å²) in [5.41, 5.74) is 1.15. The molecule has 17 heavy (non-hydrogen) atoms. The summed E-state index contributed by atoms with van der Waals surface area (Å²) in [5.74, 6) is 0. The largest absolute Gasteiger partial charge is 0.308 e. The summed E-state index contributed by atoms with van der Waals surface area (Å²) in [7, 11) is 0. The van der Waals surface area contributed by atoms with Crippen LogP contribution in [0.5, 0.6) is 0 Å². The monoisotopic (exact) mass is 251 g/mol. The van der Waals surface area contributed by atoms with Gasteiger partial charge in [0.15, 0.2) is 0 Å². The maximum Gasteiger partial charge on any atom is 0.107 e. The summed E-state index contributed by atoms with van der Waals surface area (Å²) >= 11 is 1.77. The minimum absolute atomic E-state index is 0.707. The Hall–Kier alpha value is -0.450. The minimum atomic E-state index is 0.707. The normalized spacial score (nSPS) is 29.5. The van der Waals surface area contributed by atoms with E-state index < -0.39 is 0 Å². The lowest BCUT2D eigenvalue weighted by atomic mass is 9.98. The van der Waals surface area contributed by atoms with Gasteiger partial charge < -0.3 is 10.2 Å². The quantitative estimate of drug-likeness (QED) is 0.892. The molecule has 1 aromatic heterocycles. The van der Waals surface area contributed by atoms with Gasteiger partial charge in [-0.05, 0) is 45.7 Å². The molecule has 2 saturated heterocycles.